The number of carbonyl (C=O) groups is 2. The zero-order valence-electron chi connectivity index (χ0n) is 16.2. The third kappa shape index (κ3) is 4.29. The summed E-state index contributed by atoms with van der Waals surface area (Å²) in [5, 5.41) is 12.1. The van der Waals surface area contributed by atoms with Crippen LogP contribution in [0.15, 0.2) is 30.6 Å². The first-order chi connectivity index (χ1) is 14.1. The lowest BCUT2D eigenvalue weighted by atomic mass is 9.97. The molecule has 2 amide bonds. The number of carbonyl (C=O) groups excluding carboxylic acids is 2. The summed E-state index contributed by atoms with van der Waals surface area (Å²) in [6.07, 6.45) is 6.65. The number of nitrogens with two attached hydrogens (primary N) is 1. The van der Waals surface area contributed by atoms with Crippen LogP contribution in [0, 0.1) is 0 Å². The van der Waals surface area contributed by atoms with E-state index in [1.54, 1.807) is 4.68 Å². The topological polar surface area (TPSA) is 107 Å². The number of hydrogen-bond donors (Lipinski definition) is 1. The Hall–Kier alpha value is -2.81. The maximum absolute atomic E-state index is 13.0. The molecule has 3 aromatic rings. The van der Waals surface area contributed by atoms with Gasteiger partial charge in [-0.25, -0.2) is 4.68 Å². The molecule has 29 heavy (non-hydrogen) atoms. The summed E-state index contributed by atoms with van der Waals surface area (Å²) in [4.78, 5) is 27.7. The summed E-state index contributed by atoms with van der Waals surface area (Å²) in [6, 6.07) is 8.06. The number of thiophene rings is 1. The Bertz CT molecular complexity index is 1000. The molecule has 1 aliphatic heterocycles. The van der Waals surface area contributed by atoms with E-state index in [1.807, 2.05) is 29.2 Å². The molecule has 8 nitrogen and oxygen atoms in total. The molecule has 2 N–H and O–H groups in total. The molecule has 0 radical (unpaired) electrons. The number of aryl methyl sites for hydroxylation is 1. The molecule has 1 aliphatic rings. The van der Waals surface area contributed by atoms with Crippen LogP contribution in [0.2, 0.25) is 0 Å². The van der Waals surface area contributed by atoms with Crippen molar-refractivity contribution in [2.45, 2.75) is 51.1 Å². The van der Waals surface area contributed by atoms with Crippen LogP contribution >= 0.6 is 11.3 Å². The van der Waals surface area contributed by atoms with Crippen molar-refractivity contribution in [1.82, 2.24) is 25.1 Å². The molecule has 1 fully saturated rings. The summed E-state index contributed by atoms with van der Waals surface area (Å²) in [6.45, 7) is 1.20. The molecule has 152 valence electrons. The van der Waals surface area contributed by atoms with Gasteiger partial charge in [-0.1, -0.05) is 31.0 Å². The molecule has 2 aromatic heterocycles. The quantitative estimate of drug-likeness (QED) is 0.669. The van der Waals surface area contributed by atoms with Crippen LogP contribution < -0.4 is 5.73 Å². The molecule has 3 heterocycles. The lowest BCUT2D eigenvalue weighted by Gasteiger charge is -2.30. The minimum absolute atomic E-state index is 0.0648. The second-order valence-electron chi connectivity index (χ2n) is 7.39. The number of likely N-dealkylation sites (tertiary alicyclic amines) is 1. The molecule has 0 bridgehead atoms. The maximum Gasteiger partial charge on any atom is 0.259 e. The van der Waals surface area contributed by atoms with Crippen molar-refractivity contribution < 1.29 is 9.59 Å². The van der Waals surface area contributed by atoms with Crippen LogP contribution in [0.4, 0.5) is 0 Å². The molecule has 1 atom stereocenters. The predicted molar refractivity (Wildman–Crippen MR) is 110 cm³/mol. The van der Waals surface area contributed by atoms with Crippen molar-refractivity contribution in [3.8, 4) is 0 Å². The standard InChI is InChI=1S/C20H24N6O2S/c21-20(28)19-16(15-7-3-4-8-17(15)29-19)12-14-6-2-1-5-10-26(14)18(27)9-11-25-13-22-23-24-25/h3-4,7-8,13-14H,1-2,5-6,9-12H2,(H2,21,28)/t14-/m1/s1. The first kappa shape index (κ1) is 19.5. The van der Waals surface area contributed by atoms with Gasteiger partial charge in [0.2, 0.25) is 5.91 Å². The number of aromatic nitrogens is 4. The van der Waals surface area contributed by atoms with Gasteiger partial charge in [0, 0.05) is 23.7 Å². The van der Waals surface area contributed by atoms with Gasteiger partial charge in [-0.3, -0.25) is 9.59 Å². The van der Waals surface area contributed by atoms with E-state index in [2.05, 4.69) is 15.5 Å². The fraction of sp³-hybridized carbons (Fsp3) is 0.450. The number of hydrogen-bond acceptors (Lipinski definition) is 6. The molecule has 0 spiro atoms. The van der Waals surface area contributed by atoms with Gasteiger partial charge in [0.05, 0.1) is 11.4 Å². The number of benzene rings is 1. The van der Waals surface area contributed by atoms with E-state index >= 15 is 0 Å². The van der Waals surface area contributed by atoms with Crippen LogP contribution in [0.25, 0.3) is 10.1 Å². The summed E-state index contributed by atoms with van der Waals surface area (Å²) in [7, 11) is 0. The van der Waals surface area contributed by atoms with Crippen molar-refractivity contribution in [2.75, 3.05) is 6.54 Å². The fourth-order valence-corrected chi connectivity index (χ4v) is 5.18. The summed E-state index contributed by atoms with van der Waals surface area (Å²) in [5.41, 5.74) is 6.66. The minimum Gasteiger partial charge on any atom is -0.365 e. The third-order valence-electron chi connectivity index (χ3n) is 5.51. The summed E-state index contributed by atoms with van der Waals surface area (Å²) < 4.78 is 2.63. The number of amides is 2. The van der Waals surface area contributed by atoms with Crippen LogP contribution in [0.3, 0.4) is 0 Å². The third-order valence-corrected chi connectivity index (χ3v) is 6.73. The number of primary amides is 1. The minimum atomic E-state index is -0.397. The molecule has 1 aromatic carbocycles. The van der Waals surface area contributed by atoms with Crippen LogP contribution in [-0.2, 0) is 17.8 Å². The second kappa shape index (κ2) is 8.69. The van der Waals surface area contributed by atoms with Gasteiger partial charge in [-0.2, -0.15) is 0 Å². The van der Waals surface area contributed by atoms with E-state index in [0.29, 0.717) is 24.3 Å². The van der Waals surface area contributed by atoms with Crippen LogP contribution in [0.1, 0.15) is 47.3 Å². The molecular formula is C20H24N6O2S. The van der Waals surface area contributed by atoms with Gasteiger partial charge in [-0.15, -0.1) is 16.4 Å². The molecule has 0 unspecified atom stereocenters. The molecule has 0 aliphatic carbocycles. The van der Waals surface area contributed by atoms with Gasteiger partial charge >= 0.3 is 0 Å². The highest BCUT2D eigenvalue weighted by Crippen LogP contribution is 2.34. The molecular weight excluding hydrogens is 388 g/mol. The van der Waals surface area contributed by atoms with Gasteiger partial charge in [0.1, 0.15) is 6.33 Å². The SMILES string of the molecule is NC(=O)c1sc2ccccc2c1C[C@H]1CCCCCN1C(=O)CCn1cnnn1. The van der Waals surface area contributed by atoms with Gasteiger partial charge in [-0.05, 0) is 46.7 Å². The average Bonchev–Trinajstić information content (AvgIpc) is 3.30. The first-order valence-corrected chi connectivity index (χ1v) is 10.8. The Balaban J connectivity index is 1.58. The number of rotatable bonds is 6. The van der Waals surface area contributed by atoms with E-state index in [-0.39, 0.29) is 11.9 Å². The second-order valence-corrected chi connectivity index (χ2v) is 8.44. The van der Waals surface area contributed by atoms with Crippen molar-refractivity contribution in [3.05, 3.63) is 41.0 Å². The van der Waals surface area contributed by atoms with Crippen molar-refractivity contribution in [2.24, 2.45) is 5.73 Å². The highest BCUT2D eigenvalue weighted by atomic mass is 32.1. The van der Waals surface area contributed by atoms with E-state index < -0.39 is 5.91 Å². The lowest BCUT2D eigenvalue weighted by Crippen LogP contribution is -2.41. The summed E-state index contributed by atoms with van der Waals surface area (Å²) >= 11 is 1.44. The first-order valence-electron chi connectivity index (χ1n) is 9.94. The maximum atomic E-state index is 13.0. The Labute approximate surface area is 172 Å². The van der Waals surface area contributed by atoms with Gasteiger partial charge < -0.3 is 10.6 Å². The lowest BCUT2D eigenvalue weighted by molar-refractivity contribution is -0.133. The predicted octanol–water partition coefficient (Wildman–Crippen LogP) is 2.39. The monoisotopic (exact) mass is 412 g/mol. The summed E-state index contributed by atoms with van der Waals surface area (Å²) in [5.74, 6) is -0.293. The Morgan fingerprint density at radius 2 is 2.07 bits per heavy atom. The van der Waals surface area contributed by atoms with E-state index in [0.717, 1.165) is 47.9 Å². The van der Waals surface area contributed by atoms with Gasteiger partial charge in [0.15, 0.2) is 0 Å². The molecule has 4 rings (SSSR count). The van der Waals surface area contributed by atoms with E-state index in [9.17, 15) is 9.59 Å². The molecule has 1 saturated heterocycles. The van der Waals surface area contributed by atoms with E-state index in [1.165, 1.54) is 17.7 Å². The van der Waals surface area contributed by atoms with Crippen LogP contribution in [-0.4, -0.2) is 49.5 Å². The van der Waals surface area contributed by atoms with Crippen molar-refractivity contribution in [3.63, 3.8) is 0 Å². The average molecular weight is 413 g/mol. The Kier molecular flexibility index (Phi) is 5.84. The number of nitrogens with zero attached hydrogens (tertiary/aromatic N) is 5. The van der Waals surface area contributed by atoms with Gasteiger partial charge in [0.25, 0.3) is 5.91 Å². The smallest absolute Gasteiger partial charge is 0.259 e. The largest absolute Gasteiger partial charge is 0.365 e. The Morgan fingerprint density at radius 3 is 2.86 bits per heavy atom. The number of fused-ring (bicyclic) bond motifs is 1. The van der Waals surface area contributed by atoms with Crippen molar-refractivity contribution in [1.29, 1.82) is 0 Å². The molecule has 9 heteroatoms. The zero-order valence-corrected chi connectivity index (χ0v) is 17.0. The Morgan fingerprint density at radius 1 is 1.21 bits per heavy atom. The molecule has 0 saturated carbocycles. The zero-order chi connectivity index (χ0) is 20.2. The normalized spacial score (nSPS) is 17.4. The number of tetrazole rings is 1. The van der Waals surface area contributed by atoms with Crippen molar-refractivity contribution >= 4 is 33.2 Å². The van der Waals surface area contributed by atoms with E-state index in [4.69, 9.17) is 5.73 Å². The van der Waals surface area contributed by atoms with Crippen LogP contribution in [0.5, 0.6) is 0 Å². The highest BCUT2D eigenvalue weighted by molar-refractivity contribution is 7.21. The highest BCUT2D eigenvalue weighted by Gasteiger charge is 2.28. The fourth-order valence-electron chi connectivity index (χ4n) is 4.09.